The van der Waals surface area contributed by atoms with E-state index >= 15 is 0 Å². The van der Waals surface area contributed by atoms with Crippen LogP contribution < -0.4 is 14.8 Å². The molecule has 0 atom stereocenters. The summed E-state index contributed by atoms with van der Waals surface area (Å²) in [6, 6.07) is 9.06. The third-order valence-electron chi connectivity index (χ3n) is 3.02. The Bertz CT molecular complexity index is 741. The molecular weight excluding hydrogens is 415 g/mol. The molecular formula is C15H13IN2O5. The van der Waals surface area contributed by atoms with E-state index in [1.54, 1.807) is 18.2 Å². The summed E-state index contributed by atoms with van der Waals surface area (Å²) < 4.78 is 10.8. The van der Waals surface area contributed by atoms with Crippen LogP contribution in [-0.4, -0.2) is 25.1 Å². The molecule has 7 nitrogen and oxygen atoms in total. The number of nitro groups is 1. The molecule has 0 fully saturated rings. The molecule has 2 aromatic rings. The Morgan fingerprint density at radius 2 is 1.74 bits per heavy atom. The molecule has 0 saturated carbocycles. The number of benzene rings is 2. The molecule has 1 N–H and O–H groups in total. The largest absolute Gasteiger partial charge is 0.497 e. The first kappa shape index (κ1) is 17.0. The van der Waals surface area contributed by atoms with Gasteiger partial charge in [0.15, 0.2) is 0 Å². The molecule has 0 bridgehead atoms. The Labute approximate surface area is 145 Å². The van der Waals surface area contributed by atoms with Gasteiger partial charge in [0.2, 0.25) is 0 Å². The van der Waals surface area contributed by atoms with Crippen molar-refractivity contribution in [2.75, 3.05) is 19.5 Å². The predicted molar refractivity (Wildman–Crippen MR) is 93.3 cm³/mol. The van der Waals surface area contributed by atoms with Crippen LogP contribution in [0.15, 0.2) is 36.4 Å². The standard InChI is InChI=1S/C15H13IN2O5/c1-22-11-5-9(6-12(8-11)23-2)17-15(19)13-4-3-10(18(20)21)7-14(13)16/h3-8H,1-2H3,(H,17,19). The lowest BCUT2D eigenvalue weighted by atomic mass is 10.2. The van der Waals surface area contributed by atoms with E-state index in [9.17, 15) is 14.9 Å². The third kappa shape index (κ3) is 4.09. The second-order valence-electron chi connectivity index (χ2n) is 4.48. The van der Waals surface area contributed by atoms with E-state index in [-0.39, 0.29) is 11.6 Å². The van der Waals surface area contributed by atoms with Crippen LogP contribution in [0.4, 0.5) is 11.4 Å². The van der Waals surface area contributed by atoms with Gasteiger partial charge in [0.25, 0.3) is 11.6 Å². The van der Waals surface area contributed by atoms with Crippen LogP contribution in [0.25, 0.3) is 0 Å². The van der Waals surface area contributed by atoms with Gasteiger partial charge in [-0.1, -0.05) is 0 Å². The van der Waals surface area contributed by atoms with Crippen LogP contribution in [0, 0.1) is 13.7 Å². The number of nitrogens with one attached hydrogen (secondary N) is 1. The first-order valence-corrected chi connectivity index (χ1v) is 7.51. The van der Waals surface area contributed by atoms with Gasteiger partial charge >= 0.3 is 0 Å². The van der Waals surface area contributed by atoms with Gasteiger partial charge in [-0.3, -0.25) is 14.9 Å². The summed E-state index contributed by atoms with van der Waals surface area (Å²) in [6.07, 6.45) is 0. The SMILES string of the molecule is COc1cc(NC(=O)c2ccc([N+](=O)[O-])cc2I)cc(OC)c1. The molecule has 0 saturated heterocycles. The van der Waals surface area contributed by atoms with Gasteiger partial charge in [-0.25, -0.2) is 0 Å². The molecule has 8 heteroatoms. The highest BCUT2D eigenvalue weighted by Crippen LogP contribution is 2.27. The molecule has 0 aromatic heterocycles. The number of anilines is 1. The van der Waals surface area contributed by atoms with Crippen LogP contribution in [0.2, 0.25) is 0 Å². The molecule has 0 aliphatic carbocycles. The molecule has 0 spiro atoms. The Balaban J connectivity index is 2.27. The molecule has 0 unspecified atom stereocenters. The van der Waals surface area contributed by atoms with Gasteiger partial charge in [0.1, 0.15) is 11.5 Å². The van der Waals surface area contributed by atoms with Crippen LogP contribution in [0.1, 0.15) is 10.4 Å². The Morgan fingerprint density at radius 3 is 2.22 bits per heavy atom. The summed E-state index contributed by atoms with van der Waals surface area (Å²) in [6.45, 7) is 0. The van der Waals surface area contributed by atoms with E-state index in [0.29, 0.717) is 26.3 Å². The summed E-state index contributed by atoms with van der Waals surface area (Å²) >= 11 is 1.89. The fraction of sp³-hybridized carbons (Fsp3) is 0.133. The fourth-order valence-corrected chi connectivity index (χ4v) is 2.62. The van der Waals surface area contributed by atoms with E-state index < -0.39 is 4.92 Å². The van der Waals surface area contributed by atoms with E-state index in [0.717, 1.165) is 0 Å². The predicted octanol–water partition coefficient (Wildman–Crippen LogP) is 3.47. The first-order chi connectivity index (χ1) is 10.9. The van der Waals surface area contributed by atoms with E-state index in [4.69, 9.17) is 9.47 Å². The monoisotopic (exact) mass is 428 g/mol. The Kier molecular flexibility index (Phi) is 5.37. The van der Waals surface area contributed by atoms with Gasteiger partial charge < -0.3 is 14.8 Å². The molecule has 0 aliphatic rings. The zero-order valence-electron chi connectivity index (χ0n) is 12.3. The molecule has 2 aromatic carbocycles. The second-order valence-corrected chi connectivity index (χ2v) is 5.64. The van der Waals surface area contributed by atoms with Crippen molar-refractivity contribution in [3.8, 4) is 11.5 Å². The summed E-state index contributed by atoms with van der Waals surface area (Å²) in [5.41, 5.74) is 0.785. The molecule has 1 amide bonds. The summed E-state index contributed by atoms with van der Waals surface area (Å²) in [5, 5.41) is 13.5. The highest BCUT2D eigenvalue weighted by Gasteiger charge is 2.15. The highest BCUT2D eigenvalue weighted by molar-refractivity contribution is 14.1. The van der Waals surface area contributed by atoms with Crippen LogP contribution in [0.3, 0.4) is 0 Å². The van der Waals surface area contributed by atoms with Crippen molar-refractivity contribution in [3.05, 3.63) is 55.6 Å². The number of nitrogens with zero attached hydrogens (tertiary/aromatic N) is 1. The number of carbonyl (C=O) groups excluding carboxylic acids is 1. The zero-order chi connectivity index (χ0) is 17.0. The first-order valence-electron chi connectivity index (χ1n) is 6.43. The lowest BCUT2D eigenvalue weighted by Crippen LogP contribution is -2.13. The summed E-state index contributed by atoms with van der Waals surface area (Å²) in [7, 11) is 3.03. The maximum atomic E-state index is 12.3. The summed E-state index contributed by atoms with van der Waals surface area (Å²) in [5.74, 6) is 0.704. The number of hydrogen-bond donors (Lipinski definition) is 1. The van der Waals surface area contributed by atoms with E-state index in [1.807, 2.05) is 22.6 Å². The summed E-state index contributed by atoms with van der Waals surface area (Å²) in [4.78, 5) is 22.6. The minimum Gasteiger partial charge on any atom is -0.497 e. The third-order valence-corrected chi connectivity index (χ3v) is 3.91. The minimum absolute atomic E-state index is 0.0611. The van der Waals surface area contributed by atoms with Crippen molar-refractivity contribution in [2.24, 2.45) is 0 Å². The van der Waals surface area contributed by atoms with Crippen molar-refractivity contribution in [3.63, 3.8) is 0 Å². The number of hydrogen-bond acceptors (Lipinski definition) is 5. The van der Waals surface area contributed by atoms with E-state index in [2.05, 4.69) is 5.32 Å². The maximum Gasteiger partial charge on any atom is 0.270 e. The lowest BCUT2D eigenvalue weighted by molar-refractivity contribution is -0.384. The number of carbonyl (C=O) groups is 1. The average Bonchev–Trinajstić information content (AvgIpc) is 2.53. The topological polar surface area (TPSA) is 90.7 Å². The number of rotatable bonds is 5. The van der Waals surface area contributed by atoms with Crippen LogP contribution >= 0.6 is 22.6 Å². The number of non-ortho nitro benzene ring substituents is 1. The van der Waals surface area contributed by atoms with Crippen molar-refractivity contribution in [1.29, 1.82) is 0 Å². The van der Waals surface area contributed by atoms with Crippen LogP contribution in [0.5, 0.6) is 11.5 Å². The molecule has 0 radical (unpaired) electrons. The number of amides is 1. The normalized spacial score (nSPS) is 10.0. The highest BCUT2D eigenvalue weighted by atomic mass is 127. The molecule has 0 aliphatic heterocycles. The maximum absolute atomic E-state index is 12.3. The second kappa shape index (κ2) is 7.27. The number of methoxy groups -OCH3 is 2. The quantitative estimate of drug-likeness (QED) is 0.448. The van der Waals surface area contributed by atoms with Gasteiger partial charge in [-0.2, -0.15) is 0 Å². The van der Waals surface area contributed by atoms with Gasteiger partial charge in [0.05, 0.1) is 24.7 Å². The van der Waals surface area contributed by atoms with Crippen molar-refractivity contribution in [2.45, 2.75) is 0 Å². The molecule has 2 rings (SSSR count). The Morgan fingerprint density at radius 1 is 1.13 bits per heavy atom. The van der Waals surface area contributed by atoms with Gasteiger partial charge in [-0.15, -0.1) is 0 Å². The number of nitro benzene ring substituents is 1. The number of halogens is 1. The van der Waals surface area contributed by atoms with Crippen molar-refractivity contribution in [1.82, 2.24) is 0 Å². The molecule has 120 valence electrons. The molecule has 0 heterocycles. The van der Waals surface area contributed by atoms with Crippen molar-refractivity contribution < 1.29 is 19.2 Å². The zero-order valence-corrected chi connectivity index (χ0v) is 14.5. The minimum atomic E-state index is -0.503. The lowest BCUT2D eigenvalue weighted by Gasteiger charge is -2.10. The van der Waals surface area contributed by atoms with Gasteiger partial charge in [0, 0.05) is 39.6 Å². The fourth-order valence-electron chi connectivity index (χ4n) is 1.88. The Hall–Kier alpha value is -2.36. The molecule has 23 heavy (non-hydrogen) atoms. The van der Waals surface area contributed by atoms with Crippen LogP contribution in [-0.2, 0) is 0 Å². The smallest absolute Gasteiger partial charge is 0.270 e. The average molecular weight is 428 g/mol. The number of ether oxygens (including phenoxy) is 2. The van der Waals surface area contributed by atoms with Gasteiger partial charge in [-0.05, 0) is 28.7 Å². The van der Waals surface area contributed by atoms with Crippen molar-refractivity contribution >= 4 is 39.9 Å². The van der Waals surface area contributed by atoms with E-state index in [1.165, 1.54) is 32.4 Å².